The van der Waals surface area contributed by atoms with Crippen molar-refractivity contribution in [1.82, 2.24) is 14.4 Å². The lowest BCUT2D eigenvalue weighted by Gasteiger charge is -1.85. The minimum atomic E-state index is 0.712. The Labute approximate surface area is 63.7 Å². The molecule has 0 bridgehead atoms. The van der Waals surface area contributed by atoms with E-state index in [-0.39, 0.29) is 0 Å². The molecule has 0 saturated carbocycles. The monoisotopic (exact) mass is 149 g/mol. The first-order chi connectivity index (χ1) is 5.40. The number of quaternary nitrogens is 1. The topological polar surface area (TPSA) is 57.8 Å². The lowest BCUT2D eigenvalue weighted by Crippen LogP contribution is -2.47. The van der Waals surface area contributed by atoms with Crippen LogP contribution in [0.1, 0.15) is 5.69 Å². The Morgan fingerprint density at radius 3 is 3.18 bits per heavy atom. The van der Waals surface area contributed by atoms with Gasteiger partial charge < -0.3 is 5.73 Å². The SMILES string of the molecule is [NH3+]Cc1cn2cccnc2n1. The number of aromatic nitrogens is 3. The van der Waals surface area contributed by atoms with Gasteiger partial charge in [0.2, 0.25) is 5.78 Å². The number of nitrogens with zero attached hydrogens (tertiary/aromatic N) is 3. The maximum atomic E-state index is 4.22. The second-order valence-corrected chi connectivity index (χ2v) is 2.31. The third-order valence-electron chi connectivity index (χ3n) is 1.54. The average Bonchev–Trinajstić information content (AvgIpc) is 2.46. The average molecular weight is 149 g/mol. The molecule has 0 aliphatic rings. The normalized spacial score (nSPS) is 10.6. The summed E-state index contributed by atoms with van der Waals surface area (Å²) in [6.45, 7) is 0.712. The van der Waals surface area contributed by atoms with Gasteiger partial charge in [-0.05, 0) is 6.07 Å². The van der Waals surface area contributed by atoms with E-state index in [1.165, 1.54) is 0 Å². The first-order valence-corrected chi connectivity index (χ1v) is 3.48. The van der Waals surface area contributed by atoms with Crippen LogP contribution in [0, 0.1) is 0 Å². The zero-order valence-corrected chi connectivity index (χ0v) is 6.07. The van der Waals surface area contributed by atoms with Gasteiger partial charge in [0.15, 0.2) is 0 Å². The van der Waals surface area contributed by atoms with Crippen molar-refractivity contribution in [2.45, 2.75) is 6.54 Å². The van der Waals surface area contributed by atoms with E-state index in [4.69, 9.17) is 0 Å². The summed E-state index contributed by atoms with van der Waals surface area (Å²) in [4.78, 5) is 8.29. The van der Waals surface area contributed by atoms with E-state index in [0.29, 0.717) is 6.54 Å². The van der Waals surface area contributed by atoms with Gasteiger partial charge in [-0.25, -0.2) is 9.97 Å². The Morgan fingerprint density at radius 1 is 1.55 bits per heavy atom. The highest BCUT2D eigenvalue weighted by Crippen LogP contribution is 1.98. The minimum Gasteiger partial charge on any atom is -0.352 e. The standard InChI is InChI=1S/C7H8N4/c8-4-6-5-11-3-1-2-9-7(11)10-6/h1-3,5H,4,8H2/p+1. The van der Waals surface area contributed by atoms with Crippen LogP contribution in [0.15, 0.2) is 24.7 Å². The zero-order chi connectivity index (χ0) is 7.68. The lowest BCUT2D eigenvalue weighted by atomic mass is 10.5. The number of hydrogen-bond donors (Lipinski definition) is 1. The Bertz CT molecular complexity index is 332. The van der Waals surface area contributed by atoms with Crippen molar-refractivity contribution >= 4 is 5.78 Å². The fourth-order valence-corrected chi connectivity index (χ4v) is 1.000. The van der Waals surface area contributed by atoms with Crippen molar-refractivity contribution in [2.75, 3.05) is 0 Å². The summed E-state index contributed by atoms with van der Waals surface area (Å²) >= 11 is 0. The van der Waals surface area contributed by atoms with Crippen molar-refractivity contribution in [1.29, 1.82) is 0 Å². The predicted octanol–water partition coefficient (Wildman–Crippen LogP) is -0.529. The van der Waals surface area contributed by atoms with E-state index in [2.05, 4.69) is 15.7 Å². The Morgan fingerprint density at radius 2 is 2.45 bits per heavy atom. The second-order valence-electron chi connectivity index (χ2n) is 2.31. The quantitative estimate of drug-likeness (QED) is 0.592. The Balaban J connectivity index is 2.69. The molecule has 0 aromatic carbocycles. The van der Waals surface area contributed by atoms with Gasteiger partial charge in [0.05, 0.1) is 0 Å². The number of rotatable bonds is 1. The van der Waals surface area contributed by atoms with Crippen molar-refractivity contribution in [3.05, 3.63) is 30.4 Å². The van der Waals surface area contributed by atoms with Gasteiger partial charge in [-0.15, -0.1) is 0 Å². The summed E-state index contributed by atoms with van der Waals surface area (Å²) in [5.41, 5.74) is 4.72. The van der Waals surface area contributed by atoms with Crippen LogP contribution in [-0.2, 0) is 6.54 Å². The van der Waals surface area contributed by atoms with Crippen LogP contribution >= 0.6 is 0 Å². The van der Waals surface area contributed by atoms with E-state index in [1.54, 1.807) is 6.20 Å². The van der Waals surface area contributed by atoms with Gasteiger partial charge in [0.1, 0.15) is 12.2 Å². The summed E-state index contributed by atoms with van der Waals surface area (Å²) < 4.78 is 1.89. The Kier molecular flexibility index (Phi) is 1.33. The minimum absolute atomic E-state index is 0.712. The molecule has 2 aromatic rings. The van der Waals surface area contributed by atoms with Gasteiger partial charge in [0, 0.05) is 18.6 Å². The molecule has 56 valence electrons. The molecule has 2 aromatic heterocycles. The van der Waals surface area contributed by atoms with Crippen LogP contribution in [0.25, 0.3) is 5.78 Å². The predicted molar refractivity (Wildman–Crippen MR) is 39.6 cm³/mol. The molecule has 0 radical (unpaired) electrons. The highest BCUT2D eigenvalue weighted by atomic mass is 15.1. The third-order valence-corrected chi connectivity index (χ3v) is 1.54. The van der Waals surface area contributed by atoms with E-state index in [1.807, 2.05) is 22.9 Å². The number of imidazole rings is 1. The lowest BCUT2D eigenvalue weighted by molar-refractivity contribution is -0.387. The number of fused-ring (bicyclic) bond motifs is 1. The second kappa shape index (κ2) is 2.32. The first kappa shape index (κ1) is 6.30. The van der Waals surface area contributed by atoms with E-state index >= 15 is 0 Å². The molecule has 4 nitrogen and oxygen atoms in total. The summed E-state index contributed by atoms with van der Waals surface area (Å²) in [5.74, 6) is 0.742. The number of hydrogen-bond acceptors (Lipinski definition) is 2. The summed E-state index contributed by atoms with van der Waals surface area (Å²) in [5, 5.41) is 0. The van der Waals surface area contributed by atoms with Crippen LogP contribution < -0.4 is 5.73 Å². The van der Waals surface area contributed by atoms with E-state index in [9.17, 15) is 0 Å². The fraction of sp³-hybridized carbons (Fsp3) is 0.143. The highest BCUT2D eigenvalue weighted by Gasteiger charge is 1.99. The molecule has 0 amide bonds. The maximum Gasteiger partial charge on any atom is 0.234 e. The van der Waals surface area contributed by atoms with Gasteiger partial charge in [-0.3, -0.25) is 4.40 Å². The fourth-order valence-electron chi connectivity index (χ4n) is 1.000. The van der Waals surface area contributed by atoms with Crippen LogP contribution in [0.3, 0.4) is 0 Å². The molecular formula is C7H9N4+. The molecular weight excluding hydrogens is 140 g/mol. The summed E-state index contributed by atoms with van der Waals surface area (Å²) in [7, 11) is 0. The van der Waals surface area contributed by atoms with E-state index in [0.717, 1.165) is 11.5 Å². The molecule has 11 heavy (non-hydrogen) atoms. The summed E-state index contributed by atoms with van der Waals surface area (Å²) in [6.07, 6.45) is 5.60. The Hall–Kier alpha value is -1.42. The largest absolute Gasteiger partial charge is 0.352 e. The molecule has 4 heteroatoms. The molecule has 2 rings (SSSR count). The van der Waals surface area contributed by atoms with Crippen molar-refractivity contribution in [3.63, 3.8) is 0 Å². The smallest absolute Gasteiger partial charge is 0.234 e. The third kappa shape index (κ3) is 0.969. The van der Waals surface area contributed by atoms with Crippen molar-refractivity contribution in [3.8, 4) is 0 Å². The van der Waals surface area contributed by atoms with Crippen LogP contribution in [0.2, 0.25) is 0 Å². The first-order valence-electron chi connectivity index (χ1n) is 3.48. The molecule has 0 aliphatic heterocycles. The van der Waals surface area contributed by atoms with Crippen molar-refractivity contribution in [2.24, 2.45) is 0 Å². The molecule has 3 N–H and O–H groups in total. The van der Waals surface area contributed by atoms with Crippen LogP contribution in [0.5, 0.6) is 0 Å². The maximum absolute atomic E-state index is 4.22. The zero-order valence-electron chi connectivity index (χ0n) is 6.07. The summed E-state index contributed by atoms with van der Waals surface area (Å²) in [6, 6.07) is 1.88. The molecule has 0 spiro atoms. The molecule has 0 atom stereocenters. The van der Waals surface area contributed by atoms with Gasteiger partial charge in [-0.1, -0.05) is 0 Å². The molecule has 0 aliphatic carbocycles. The van der Waals surface area contributed by atoms with Gasteiger partial charge in [0.25, 0.3) is 0 Å². The molecule has 0 unspecified atom stereocenters. The van der Waals surface area contributed by atoms with Crippen LogP contribution in [-0.4, -0.2) is 14.4 Å². The highest BCUT2D eigenvalue weighted by molar-refractivity contribution is 5.29. The molecule has 2 heterocycles. The molecule has 0 saturated heterocycles. The van der Waals surface area contributed by atoms with E-state index < -0.39 is 0 Å². The van der Waals surface area contributed by atoms with Crippen molar-refractivity contribution < 1.29 is 5.73 Å². The van der Waals surface area contributed by atoms with Crippen LogP contribution in [0.4, 0.5) is 0 Å². The van der Waals surface area contributed by atoms with Gasteiger partial charge >= 0.3 is 0 Å². The van der Waals surface area contributed by atoms with Gasteiger partial charge in [-0.2, -0.15) is 0 Å². The molecule has 0 fully saturated rings.